The van der Waals surface area contributed by atoms with Gasteiger partial charge in [0.15, 0.2) is 11.6 Å². The predicted octanol–water partition coefficient (Wildman–Crippen LogP) is 6.57. The second-order valence-corrected chi connectivity index (χ2v) is 6.97. The summed E-state index contributed by atoms with van der Waals surface area (Å²) in [6.45, 7) is 4.77. The van der Waals surface area contributed by atoms with E-state index in [-0.39, 0.29) is 30.4 Å². The number of rotatable bonds is 3. The van der Waals surface area contributed by atoms with E-state index in [1.807, 2.05) is 44.2 Å². The Morgan fingerprint density at radius 1 is 0.938 bits per heavy atom. The molecule has 4 rings (SSSR count). The molecule has 0 bridgehead atoms. The molecular formula is C25H23F4NO2. The maximum Gasteiger partial charge on any atom is 0.416 e. The van der Waals surface area contributed by atoms with Crippen LogP contribution in [0.5, 0.6) is 5.75 Å². The number of carbonyl (C=O) groups excluding carboxylic acids is 1. The predicted molar refractivity (Wildman–Crippen MR) is 115 cm³/mol. The van der Waals surface area contributed by atoms with Gasteiger partial charge in [0.05, 0.1) is 17.7 Å². The molecule has 3 nitrogen and oxygen atoms in total. The van der Waals surface area contributed by atoms with E-state index in [2.05, 4.69) is 0 Å². The minimum atomic E-state index is -4.46. The largest absolute Gasteiger partial charge is 0.488 e. The lowest BCUT2D eigenvalue weighted by Crippen LogP contribution is -2.31. The highest BCUT2D eigenvalue weighted by Crippen LogP contribution is 2.35. The van der Waals surface area contributed by atoms with Gasteiger partial charge in [-0.15, -0.1) is 0 Å². The fourth-order valence-corrected chi connectivity index (χ4v) is 3.40. The van der Waals surface area contributed by atoms with Crippen LogP contribution in [0.3, 0.4) is 0 Å². The zero-order valence-electron chi connectivity index (χ0n) is 17.7. The normalized spacial score (nSPS) is 13.4. The van der Waals surface area contributed by atoms with Gasteiger partial charge in [-0.25, -0.2) is 4.39 Å². The number of hydrogen-bond acceptors (Lipinski definition) is 2. The third kappa shape index (κ3) is 5.10. The van der Waals surface area contributed by atoms with Crippen LogP contribution in [0.2, 0.25) is 0 Å². The molecule has 3 aromatic carbocycles. The maximum atomic E-state index is 14.7. The molecule has 1 heterocycles. The zero-order valence-corrected chi connectivity index (χ0v) is 17.7. The summed E-state index contributed by atoms with van der Waals surface area (Å²) in [6, 6.07) is 16.4. The summed E-state index contributed by atoms with van der Waals surface area (Å²) < 4.78 is 58.6. The molecule has 1 aliphatic heterocycles. The van der Waals surface area contributed by atoms with Gasteiger partial charge in [-0.1, -0.05) is 56.3 Å². The van der Waals surface area contributed by atoms with Gasteiger partial charge in [0.2, 0.25) is 0 Å². The monoisotopic (exact) mass is 445 g/mol. The van der Waals surface area contributed by atoms with Gasteiger partial charge in [0.25, 0.3) is 5.91 Å². The molecule has 0 saturated heterocycles. The Morgan fingerprint density at radius 2 is 1.59 bits per heavy atom. The van der Waals surface area contributed by atoms with E-state index in [0.717, 1.165) is 17.7 Å². The van der Waals surface area contributed by atoms with Crippen molar-refractivity contribution in [3.63, 3.8) is 0 Å². The maximum absolute atomic E-state index is 14.7. The Labute approximate surface area is 184 Å². The van der Waals surface area contributed by atoms with Gasteiger partial charge in [-0.3, -0.25) is 4.79 Å². The van der Waals surface area contributed by atoms with Crippen molar-refractivity contribution in [1.29, 1.82) is 0 Å². The lowest BCUT2D eigenvalue weighted by atomic mass is 10.00. The summed E-state index contributed by atoms with van der Waals surface area (Å²) in [7, 11) is 0. The van der Waals surface area contributed by atoms with E-state index in [1.54, 1.807) is 4.90 Å². The quantitative estimate of drug-likeness (QED) is 0.427. The molecule has 1 aliphatic rings. The van der Waals surface area contributed by atoms with E-state index in [4.69, 9.17) is 4.74 Å². The van der Waals surface area contributed by atoms with E-state index in [1.165, 1.54) is 24.3 Å². The number of nitrogens with zero attached hydrogens (tertiary/aromatic N) is 1. The standard InChI is InChI=1S/C23H17F4NO2.C2H6/c24-20-13-17(16-6-8-18(9-7-16)23(25,26)27)12-19-21(20)30-11-10-28(22(19)29)14-15-4-2-1-3-5-15;1-2/h1-9,12-13H,10-11,14H2;1-2H3. The Morgan fingerprint density at radius 3 is 2.22 bits per heavy atom. The summed E-state index contributed by atoms with van der Waals surface area (Å²) in [5, 5.41) is 0. The first kappa shape index (κ1) is 23.3. The number of amides is 1. The Balaban J connectivity index is 0.00000141. The minimum Gasteiger partial charge on any atom is -0.488 e. The number of fused-ring (bicyclic) bond motifs is 1. The molecule has 0 unspecified atom stereocenters. The fourth-order valence-electron chi connectivity index (χ4n) is 3.40. The second-order valence-electron chi connectivity index (χ2n) is 6.97. The Bertz CT molecular complexity index is 1060. The molecule has 0 saturated carbocycles. The molecule has 0 radical (unpaired) electrons. The highest BCUT2D eigenvalue weighted by atomic mass is 19.4. The number of carbonyl (C=O) groups is 1. The minimum absolute atomic E-state index is 0.0540. The van der Waals surface area contributed by atoms with Crippen LogP contribution >= 0.6 is 0 Å². The molecule has 0 fully saturated rings. The van der Waals surface area contributed by atoms with Gasteiger partial charge in [-0.2, -0.15) is 13.2 Å². The van der Waals surface area contributed by atoms with Crippen LogP contribution in [0.1, 0.15) is 35.3 Å². The molecule has 0 aromatic heterocycles. The number of halogens is 4. The van der Waals surface area contributed by atoms with Crippen LogP contribution in [0.25, 0.3) is 11.1 Å². The lowest BCUT2D eigenvalue weighted by Gasteiger charge is -2.20. The molecule has 0 spiro atoms. The smallest absolute Gasteiger partial charge is 0.416 e. The summed E-state index contributed by atoms with van der Waals surface area (Å²) in [5.41, 5.74) is 0.858. The highest BCUT2D eigenvalue weighted by molar-refractivity contribution is 5.98. The molecule has 1 amide bonds. The molecule has 0 aliphatic carbocycles. The SMILES string of the molecule is CC.O=C1c2cc(-c3ccc(C(F)(F)F)cc3)cc(F)c2OCCN1Cc1ccccc1. The molecule has 0 atom stereocenters. The second kappa shape index (κ2) is 9.85. The summed E-state index contributed by atoms with van der Waals surface area (Å²) in [6.07, 6.45) is -4.46. The van der Waals surface area contributed by atoms with Gasteiger partial charge in [0.1, 0.15) is 6.61 Å². The van der Waals surface area contributed by atoms with Crippen LogP contribution < -0.4 is 4.74 Å². The number of benzene rings is 3. The molecule has 32 heavy (non-hydrogen) atoms. The van der Waals surface area contributed by atoms with Crippen molar-refractivity contribution in [2.45, 2.75) is 26.6 Å². The van der Waals surface area contributed by atoms with Gasteiger partial charge in [-0.05, 0) is 41.0 Å². The highest BCUT2D eigenvalue weighted by Gasteiger charge is 2.30. The van der Waals surface area contributed by atoms with Crippen molar-refractivity contribution in [3.05, 3.63) is 89.2 Å². The van der Waals surface area contributed by atoms with Gasteiger partial charge < -0.3 is 9.64 Å². The van der Waals surface area contributed by atoms with Crippen molar-refractivity contribution in [3.8, 4) is 16.9 Å². The van der Waals surface area contributed by atoms with Crippen LogP contribution in [0.15, 0.2) is 66.7 Å². The Hall–Kier alpha value is -3.35. The first-order valence-electron chi connectivity index (χ1n) is 10.3. The lowest BCUT2D eigenvalue weighted by molar-refractivity contribution is -0.137. The van der Waals surface area contributed by atoms with Crippen molar-refractivity contribution in [2.24, 2.45) is 0 Å². The van der Waals surface area contributed by atoms with Gasteiger partial charge in [0, 0.05) is 6.54 Å². The molecule has 3 aromatic rings. The number of hydrogen-bond donors (Lipinski definition) is 0. The number of ether oxygens (including phenoxy) is 1. The van der Waals surface area contributed by atoms with Crippen LogP contribution in [-0.4, -0.2) is 24.0 Å². The zero-order chi connectivity index (χ0) is 23.3. The average Bonchev–Trinajstić information content (AvgIpc) is 2.95. The third-order valence-corrected chi connectivity index (χ3v) is 4.93. The average molecular weight is 445 g/mol. The van der Waals surface area contributed by atoms with E-state index in [9.17, 15) is 22.4 Å². The molecule has 168 valence electrons. The molecular weight excluding hydrogens is 422 g/mol. The van der Waals surface area contributed by atoms with Crippen LogP contribution in [-0.2, 0) is 12.7 Å². The molecule has 0 N–H and O–H groups in total. The topological polar surface area (TPSA) is 29.5 Å². The first-order chi connectivity index (χ1) is 15.3. The van der Waals surface area contributed by atoms with Crippen molar-refractivity contribution in [2.75, 3.05) is 13.2 Å². The Kier molecular flexibility index (Phi) is 7.18. The third-order valence-electron chi connectivity index (χ3n) is 4.93. The molecule has 7 heteroatoms. The van der Waals surface area contributed by atoms with Crippen molar-refractivity contribution < 1.29 is 27.1 Å². The summed E-state index contributed by atoms with van der Waals surface area (Å²) >= 11 is 0. The van der Waals surface area contributed by atoms with Gasteiger partial charge >= 0.3 is 6.18 Å². The number of alkyl halides is 3. The van der Waals surface area contributed by atoms with Crippen LogP contribution in [0, 0.1) is 5.82 Å². The first-order valence-corrected chi connectivity index (χ1v) is 10.3. The fraction of sp³-hybridized carbons (Fsp3) is 0.240. The summed E-state index contributed by atoms with van der Waals surface area (Å²) in [5.74, 6) is -1.25. The van der Waals surface area contributed by atoms with Crippen molar-refractivity contribution in [1.82, 2.24) is 4.90 Å². The van der Waals surface area contributed by atoms with E-state index < -0.39 is 17.6 Å². The van der Waals surface area contributed by atoms with E-state index >= 15 is 0 Å². The van der Waals surface area contributed by atoms with E-state index in [0.29, 0.717) is 17.7 Å². The van der Waals surface area contributed by atoms with Crippen molar-refractivity contribution >= 4 is 5.91 Å². The summed E-state index contributed by atoms with van der Waals surface area (Å²) in [4.78, 5) is 14.7. The van der Waals surface area contributed by atoms with Crippen LogP contribution in [0.4, 0.5) is 17.6 Å².